The second-order valence-corrected chi connectivity index (χ2v) is 5.13. The fourth-order valence-corrected chi connectivity index (χ4v) is 2.56. The fourth-order valence-electron chi connectivity index (χ4n) is 2.56. The van der Waals surface area contributed by atoms with Gasteiger partial charge in [0.1, 0.15) is 18.1 Å². The van der Waals surface area contributed by atoms with Gasteiger partial charge in [-0.1, -0.05) is 6.08 Å². The smallest absolute Gasteiger partial charge is 0.339 e. The molecular weight excluding hydrogens is 254 g/mol. The molecule has 20 heavy (non-hydrogen) atoms. The summed E-state index contributed by atoms with van der Waals surface area (Å²) >= 11 is 0. The summed E-state index contributed by atoms with van der Waals surface area (Å²) in [6, 6.07) is 3.91. The molecule has 4 nitrogen and oxygen atoms in total. The molecule has 0 spiro atoms. The van der Waals surface area contributed by atoms with Gasteiger partial charge in [-0.05, 0) is 31.5 Å². The predicted octanol–water partition coefficient (Wildman–Crippen LogP) is 2.75. The summed E-state index contributed by atoms with van der Waals surface area (Å²) in [5.74, 6) is 0.796. The SMILES string of the molecule is C=CCN1COc2ccc3c(C)c(C)c(=O)oc3c2C1. The van der Waals surface area contributed by atoms with E-state index in [1.54, 1.807) is 6.92 Å². The van der Waals surface area contributed by atoms with E-state index in [-0.39, 0.29) is 5.63 Å². The van der Waals surface area contributed by atoms with Gasteiger partial charge in [0.05, 0.1) is 5.56 Å². The van der Waals surface area contributed by atoms with Gasteiger partial charge < -0.3 is 9.15 Å². The van der Waals surface area contributed by atoms with Gasteiger partial charge in [-0.25, -0.2) is 4.79 Å². The Bertz CT molecular complexity index is 745. The number of rotatable bonds is 2. The first kappa shape index (κ1) is 12.9. The Hall–Kier alpha value is -2.07. The molecule has 2 aromatic rings. The molecule has 104 valence electrons. The van der Waals surface area contributed by atoms with Crippen molar-refractivity contribution in [3.05, 3.63) is 51.9 Å². The highest BCUT2D eigenvalue weighted by atomic mass is 16.5. The van der Waals surface area contributed by atoms with Gasteiger partial charge >= 0.3 is 5.63 Å². The molecule has 1 aliphatic heterocycles. The minimum atomic E-state index is -0.274. The van der Waals surface area contributed by atoms with Gasteiger partial charge in [-0.15, -0.1) is 6.58 Å². The van der Waals surface area contributed by atoms with Crippen LogP contribution in [0, 0.1) is 13.8 Å². The van der Waals surface area contributed by atoms with Gasteiger partial charge in [-0.3, -0.25) is 4.90 Å². The molecule has 0 unspecified atom stereocenters. The molecule has 0 amide bonds. The summed E-state index contributed by atoms with van der Waals surface area (Å²) < 4.78 is 11.2. The maximum Gasteiger partial charge on any atom is 0.339 e. The molecular formula is C16H17NO3. The van der Waals surface area contributed by atoms with Crippen LogP contribution in [-0.2, 0) is 6.54 Å². The van der Waals surface area contributed by atoms with Crippen LogP contribution in [-0.4, -0.2) is 18.2 Å². The summed E-state index contributed by atoms with van der Waals surface area (Å²) in [4.78, 5) is 14.0. The van der Waals surface area contributed by atoms with Crippen LogP contribution in [0.25, 0.3) is 11.0 Å². The summed E-state index contributed by atoms with van der Waals surface area (Å²) in [6.45, 7) is 9.45. The molecule has 0 bridgehead atoms. The third-order valence-corrected chi connectivity index (χ3v) is 3.86. The van der Waals surface area contributed by atoms with E-state index in [4.69, 9.17) is 9.15 Å². The molecule has 0 radical (unpaired) electrons. The Labute approximate surface area is 117 Å². The lowest BCUT2D eigenvalue weighted by Gasteiger charge is -2.28. The normalized spacial score (nSPS) is 14.9. The third kappa shape index (κ3) is 1.93. The Morgan fingerprint density at radius 3 is 2.90 bits per heavy atom. The summed E-state index contributed by atoms with van der Waals surface area (Å²) in [6.07, 6.45) is 1.84. The first-order chi connectivity index (χ1) is 9.61. The lowest BCUT2D eigenvalue weighted by molar-refractivity contribution is 0.107. The van der Waals surface area contributed by atoms with Crippen molar-refractivity contribution in [2.24, 2.45) is 0 Å². The van der Waals surface area contributed by atoms with Crippen molar-refractivity contribution in [1.29, 1.82) is 0 Å². The summed E-state index contributed by atoms with van der Waals surface area (Å²) in [5, 5.41) is 0.977. The van der Waals surface area contributed by atoms with Crippen LogP contribution in [0.2, 0.25) is 0 Å². The number of aryl methyl sites for hydroxylation is 1. The summed E-state index contributed by atoms with van der Waals surface area (Å²) in [7, 11) is 0. The molecule has 0 atom stereocenters. The van der Waals surface area contributed by atoms with Crippen LogP contribution in [0.1, 0.15) is 16.7 Å². The average Bonchev–Trinajstić information content (AvgIpc) is 2.45. The first-order valence-electron chi connectivity index (χ1n) is 6.63. The maximum atomic E-state index is 11.9. The van der Waals surface area contributed by atoms with Crippen LogP contribution in [0.3, 0.4) is 0 Å². The van der Waals surface area contributed by atoms with E-state index in [0.717, 1.165) is 28.8 Å². The molecule has 4 heteroatoms. The monoisotopic (exact) mass is 271 g/mol. The number of hydrogen-bond donors (Lipinski definition) is 0. The van der Waals surface area contributed by atoms with Crippen LogP contribution < -0.4 is 10.4 Å². The van der Waals surface area contributed by atoms with Crippen molar-refractivity contribution < 1.29 is 9.15 Å². The fraction of sp³-hybridized carbons (Fsp3) is 0.312. The largest absolute Gasteiger partial charge is 0.478 e. The quantitative estimate of drug-likeness (QED) is 0.622. The van der Waals surface area contributed by atoms with Crippen LogP contribution in [0.5, 0.6) is 5.75 Å². The molecule has 3 rings (SSSR count). The highest BCUT2D eigenvalue weighted by molar-refractivity contribution is 5.85. The first-order valence-corrected chi connectivity index (χ1v) is 6.63. The molecule has 0 saturated heterocycles. The zero-order chi connectivity index (χ0) is 14.3. The van der Waals surface area contributed by atoms with Crippen LogP contribution in [0.15, 0.2) is 34.0 Å². The number of fused-ring (bicyclic) bond motifs is 3. The molecule has 0 aliphatic carbocycles. The number of benzene rings is 1. The highest BCUT2D eigenvalue weighted by Crippen LogP contribution is 2.33. The van der Waals surface area contributed by atoms with E-state index in [0.29, 0.717) is 24.4 Å². The van der Waals surface area contributed by atoms with Gasteiger partial charge in [0, 0.05) is 24.0 Å². The van der Waals surface area contributed by atoms with Crippen molar-refractivity contribution in [3.8, 4) is 5.75 Å². The molecule has 1 aliphatic rings. The van der Waals surface area contributed by atoms with Crippen molar-refractivity contribution in [3.63, 3.8) is 0 Å². The predicted molar refractivity (Wildman–Crippen MR) is 78.1 cm³/mol. The van der Waals surface area contributed by atoms with Crippen molar-refractivity contribution in [2.75, 3.05) is 13.3 Å². The Morgan fingerprint density at radius 1 is 1.35 bits per heavy atom. The Morgan fingerprint density at radius 2 is 2.15 bits per heavy atom. The van der Waals surface area contributed by atoms with Gasteiger partial charge in [0.15, 0.2) is 0 Å². The molecule has 0 fully saturated rings. The zero-order valence-electron chi connectivity index (χ0n) is 11.7. The van der Waals surface area contributed by atoms with E-state index in [9.17, 15) is 4.79 Å². The standard InChI is InChI=1S/C16H17NO3/c1-4-7-17-8-13-14(19-9-17)6-5-12-10(2)11(3)16(18)20-15(12)13/h4-6H,1,7-9H2,2-3H3. The molecule has 0 saturated carbocycles. The highest BCUT2D eigenvalue weighted by Gasteiger charge is 2.21. The topological polar surface area (TPSA) is 42.7 Å². The zero-order valence-corrected chi connectivity index (χ0v) is 11.7. The molecule has 1 aromatic heterocycles. The second kappa shape index (κ2) is 4.80. The average molecular weight is 271 g/mol. The van der Waals surface area contributed by atoms with Crippen molar-refractivity contribution in [1.82, 2.24) is 4.90 Å². The minimum Gasteiger partial charge on any atom is -0.478 e. The van der Waals surface area contributed by atoms with Gasteiger partial charge in [-0.2, -0.15) is 0 Å². The van der Waals surface area contributed by atoms with E-state index < -0.39 is 0 Å². The van der Waals surface area contributed by atoms with E-state index in [1.165, 1.54) is 0 Å². The second-order valence-electron chi connectivity index (χ2n) is 5.13. The lowest BCUT2D eigenvalue weighted by Crippen LogP contribution is -2.32. The Balaban J connectivity index is 2.23. The molecule has 1 aromatic carbocycles. The van der Waals surface area contributed by atoms with Crippen molar-refractivity contribution in [2.45, 2.75) is 20.4 Å². The van der Waals surface area contributed by atoms with Crippen molar-refractivity contribution >= 4 is 11.0 Å². The van der Waals surface area contributed by atoms with E-state index >= 15 is 0 Å². The summed E-state index contributed by atoms with van der Waals surface area (Å²) in [5.41, 5.74) is 2.95. The van der Waals surface area contributed by atoms with Crippen LogP contribution >= 0.6 is 0 Å². The van der Waals surface area contributed by atoms with E-state index in [1.807, 2.05) is 25.1 Å². The third-order valence-electron chi connectivity index (χ3n) is 3.86. The molecule has 0 N–H and O–H groups in total. The Kier molecular flexibility index (Phi) is 3.10. The van der Waals surface area contributed by atoms with E-state index in [2.05, 4.69) is 11.5 Å². The molecule has 2 heterocycles. The number of nitrogens with zero attached hydrogens (tertiary/aromatic N) is 1. The maximum absolute atomic E-state index is 11.9. The van der Waals surface area contributed by atoms with Gasteiger partial charge in [0.2, 0.25) is 0 Å². The minimum absolute atomic E-state index is 0.274. The number of ether oxygens (including phenoxy) is 1. The van der Waals surface area contributed by atoms with Gasteiger partial charge in [0.25, 0.3) is 0 Å². The van der Waals surface area contributed by atoms with Crippen LogP contribution in [0.4, 0.5) is 0 Å². The number of hydrogen-bond acceptors (Lipinski definition) is 4. The lowest BCUT2D eigenvalue weighted by atomic mass is 10.0.